The Morgan fingerprint density at radius 1 is 1.57 bits per heavy atom. The molecule has 0 radical (unpaired) electrons. The third kappa shape index (κ3) is 1.84. The van der Waals surface area contributed by atoms with Crippen molar-refractivity contribution in [2.75, 3.05) is 0 Å². The third-order valence-corrected chi connectivity index (χ3v) is 4.12. The van der Waals surface area contributed by atoms with Crippen LogP contribution in [0, 0.1) is 5.92 Å². The van der Waals surface area contributed by atoms with E-state index in [4.69, 9.17) is 0 Å². The van der Waals surface area contributed by atoms with Gasteiger partial charge >= 0.3 is 0 Å². The van der Waals surface area contributed by atoms with E-state index < -0.39 is 0 Å². The molecule has 1 heterocycles. The highest BCUT2D eigenvalue weighted by molar-refractivity contribution is 7.09. The molecule has 1 aliphatic rings. The molecule has 14 heavy (non-hydrogen) atoms. The first-order valence-electron chi connectivity index (χ1n) is 5.30. The highest BCUT2D eigenvalue weighted by Crippen LogP contribution is 2.34. The van der Waals surface area contributed by atoms with Crippen LogP contribution in [-0.4, -0.2) is 11.0 Å². The number of nitrogens with one attached hydrogen (secondary N) is 1. The third-order valence-electron chi connectivity index (χ3n) is 3.11. The van der Waals surface area contributed by atoms with Crippen molar-refractivity contribution in [3.05, 3.63) is 16.6 Å². The molecule has 1 aliphatic carbocycles. The number of rotatable bonds is 4. The molecule has 2 nitrogen and oxygen atoms in total. The van der Waals surface area contributed by atoms with Gasteiger partial charge in [0.05, 0.1) is 5.54 Å². The molecule has 0 bridgehead atoms. The molecule has 0 aromatic carbocycles. The van der Waals surface area contributed by atoms with Gasteiger partial charge in [0.25, 0.3) is 0 Å². The highest BCUT2D eigenvalue weighted by Gasteiger charge is 2.37. The zero-order valence-electron chi connectivity index (χ0n) is 9.08. The summed E-state index contributed by atoms with van der Waals surface area (Å²) >= 11 is 1.75. The van der Waals surface area contributed by atoms with Crippen molar-refractivity contribution in [3.8, 4) is 0 Å². The maximum Gasteiger partial charge on any atom is 0.113 e. The van der Waals surface area contributed by atoms with Crippen LogP contribution in [0.5, 0.6) is 0 Å². The number of aromatic nitrogens is 1. The molecular formula is C11H18N2S. The van der Waals surface area contributed by atoms with E-state index in [0.29, 0.717) is 5.92 Å². The fourth-order valence-electron chi connectivity index (χ4n) is 1.61. The lowest BCUT2D eigenvalue weighted by molar-refractivity contribution is 0.261. The summed E-state index contributed by atoms with van der Waals surface area (Å²) in [6.07, 6.45) is 4.55. The normalized spacial score (nSPS) is 21.1. The molecular weight excluding hydrogens is 192 g/mol. The molecule has 0 saturated heterocycles. The van der Waals surface area contributed by atoms with E-state index in [1.165, 1.54) is 17.8 Å². The Morgan fingerprint density at radius 2 is 2.29 bits per heavy atom. The lowest BCUT2D eigenvalue weighted by Crippen LogP contribution is -2.45. The van der Waals surface area contributed by atoms with Gasteiger partial charge in [-0.05, 0) is 25.7 Å². The summed E-state index contributed by atoms with van der Waals surface area (Å²) in [5, 5.41) is 7.00. The zero-order valence-corrected chi connectivity index (χ0v) is 9.90. The van der Waals surface area contributed by atoms with E-state index in [-0.39, 0.29) is 5.54 Å². The maximum absolute atomic E-state index is 4.45. The van der Waals surface area contributed by atoms with Gasteiger partial charge in [0.15, 0.2) is 0 Å². The van der Waals surface area contributed by atoms with E-state index >= 15 is 0 Å². The lowest BCUT2D eigenvalue weighted by atomic mass is 9.89. The summed E-state index contributed by atoms with van der Waals surface area (Å²) in [4.78, 5) is 4.45. The Kier molecular flexibility index (Phi) is 2.62. The van der Waals surface area contributed by atoms with Gasteiger partial charge in [-0.25, -0.2) is 4.98 Å². The van der Waals surface area contributed by atoms with Crippen LogP contribution >= 0.6 is 11.3 Å². The second-order valence-corrected chi connectivity index (χ2v) is 5.51. The largest absolute Gasteiger partial charge is 0.303 e. The predicted octanol–water partition coefficient (Wildman–Crippen LogP) is 2.77. The molecule has 78 valence electrons. The molecule has 0 aliphatic heterocycles. The van der Waals surface area contributed by atoms with Crippen molar-refractivity contribution < 1.29 is 0 Å². The van der Waals surface area contributed by atoms with Crippen LogP contribution in [0.1, 0.15) is 38.6 Å². The van der Waals surface area contributed by atoms with Crippen molar-refractivity contribution in [1.29, 1.82) is 0 Å². The Labute approximate surface area is 89.8 Å². The average molecular weight is 210 g/mol. The summed E-state index contributed by atoms with van der Waals surface area (Å²) in [5.41, 5.74) is 0.0648. The van der Waals surface area contributed by atoms with Crippen LogP contribution in [0.4, 0.5) is 0 Å². The van der Waals surface area contributed by atoms with Crippen LogP contribution in [0.3, 0.4) is 0 Å². The Balaban J connectivity index is 2.20. The van der Waals surface area contributed by atoms with Crippen molar-refractivity contribution in [2.24, 2.45) is 5.92 Å². The van der Waals surface area contributed by atoms with E-state index in [1.54, 1.807) is 11.3 Å². The van der Waals surface area contributed by atoms with Crippen molar-refractivity contribution >= 4 is 11.3 Å². The minimum Gasteiger partial charge on any atom is -0.303 e. The van der Waals surface area contributed by atoms with Crippen LogP contribution in [0.25, 0.3) is 0 Å². The van der Waals surface area contributed by atoms with Gasteiger partial charge in [0, 0.05) is 17.6 Å². The van der Waals surface area contributed by atoms with Crippen molar-refractivity contribution in [3.63, 3.8) is 0 Å². The molecule has 2 rings (SSSR count). The SMILES string of the molecule is CC(C)C(C)(NC1CC1)c1nccs1. The Hall–Kier alpha value is -0.410. The molecule has 1 atom stereocenters. The first-order chi connectivity index (χ1) is 6.63. The second kappa shape index (κ2) is 3.63. The predicted molar refractivity (Wildman–Crippen MR) is 60.5 cm³/mol. The zero-order chi connectivity index (χ0) is 10.2. The van der Waals surface area contributed by atoms with Crippen LogP contribution < -0.4 is 5.32 Å². The fraction of sp³-hybridized carbons (Fsp3) is 0.727. The number of thiazole rings is 1. The first kappa shape index (κ1) is 10.1. The average Bonchev–Trinajstić information content (AvgIpc) is 2.78. The van der Waals surface area contributed by atoms with Gasteiger partial charge < -0.3 is 5.32 Å². The monoisotopic (exact) mass is 210 g/mol. The Bertz CT molecular complexity index is 290. The van der Waals surface area contributed by atoms with Gasteiger partial charge in [-0.2, -0.15) is 0 Å². The van der Waals surface area contributed by atoms with Crippen LogP contribution in [0.2, 0.25) is 0 Å². The van der Waals surface area contributed by atoms with E-state index in [1.807, 2.05) is 6.20 Å². The molecule has 1 N–H and O–H groups in total. The maximum atomic E-state index is 4.45. The molecule has 0 spiro atoms. The molecule has 1 aromatic heterocycles. The second-order valence-electron chi connectivity index (χ2n) is 4.61. The van der Waals surface area contributed by atoms with E-state index in [2.05, 4.69) is 36.5 Å². The van der Waals surface area contributed by atoms with Gasteiger partial charge in [0.2, 0.25) is 0 Å². The standard InChI is InChI=1S/C11H18N2S/c1-8(2)11(3,13-9-4-5-9)10-12-6-7-14-10/h6-9,13H,4-5H2,1-3H3. The van der Waals surface area contributed by atoms with Gasteiger partial charge in [-0.3, -0.25) is 0 Å². The summed E-state index contributed by atoms with van der Waals surface area (Å²) in [6.45, 7) is 6.79. The number of hydrogen-bond acceptors (Lipinski definition) is 3. The van der Waals surface area contributed by atoms with Gasteiger partial charge in [-0.15, -0.1) is 11.3 Å². The minimum absolute atomic E-state index is 0.0648. The smallest absolute Gasteiger partial charge is 0.113 e. The molecule has 0 amide bonds. The van der Waals surface area contributed by atoms with E-state index in [0.717, 1.165) is 6.04 Å². The topological polar surface area (TPSA) is 24.9 Å². The number of hydrogen-bond donors (Lipinski definition) is 1. The van der Waals surface area contributed by atoms with Crippen molar-refractivity contribution in [1.82, 2.24) is 10.3 Å². The lowest BCUT2D eigenvalue weighted by Gasteiger charge is -2.33. The summed E-state index contributed by atoms with van der Waals surface area (Å²) in [6, 6.07) is 0.728. The molecule has 1 aromatic rings. The summed E-state index contributed by atoms with van der Waals surface area (Å²) < 4.78 is 0. The number of nitrogens with zero attached hydrogens (tertiary/aromatic N) is 1. The fourth-order valence-corrected chi connectivity index (χ4v) is 2.52. The first-order valence-corrected chi connectivity index (χ1v) is 6.18. The molecule has 1 fully saturated rings. The molecule has 1 unspecified atom stereocenters. The van der Waals surface area contributed by atoms with Crippen LogP contribution in [0.15, 0.2) is 11.6 Å². The summed E-state index contributed by atoms with van der Waals surface area (Å²) in [7, 11) is 0. The quantitative estimate of drug-likeness (QED) is 0.826. The van der Waals surface area contributed by atoms with E-state index in [9.17, 15) is 0 Å². The highest BCUT2D eigenvalue weighted by atomic mass is 32.1. The van der Waals surface area contributed by atoms with Crippen molar-refractivity contribution in [2.45, 2.75) is 45.2 Å². The molecule has 1 saturated carbocycles. The molecule has 3 heteroatoms. The van der Waals surface area contributed by atoms with Crippen LogP contribution in [-0.2, 0) is 5.54 Å². The van der Waals surface area contributed by atoms with Gasteiger partial charge in [0.1, 0.15) is 5.01 Å². The summed E-state index contributed by atoms with van der Waals surface area (Å²) in [5.74, 6) is 0.578. The van der Waals surface area contributed by atoms with Gasteiger partial charge in [-0.1, -0.05) is 13.8 Å². The minimum atomic E-state index is 0.0648. The Morgan fingerprint density at radius 3 is 2.71 bits per heavy atom.